The third kappa shape index (κ3) is 6.06. The van der Waals surface area contributed by atoms with Crippen molar-refractivity contribution in [1.29, 1.82) is 0 Å². The second-order valence-electron chi connectivity index (χ2n) is 10.7. The van der Waals surface area contributed by atoms with E-state index in [0.29, 0.717) is 18.9 Å². The Labute approximate surface area is 221 Å². The average molecular weight is 505 g/mol. The molecule has 0 unspecified atom stereocenters. The summed E-state index contributed by atoms with van der Waals surface area (Å²) >= 11 is 0. The molecule has 6 heteroatoms. The number of rotatable bonds is 10. The van der Waals surface area contributed by atoms with Crippen molar-refractivity contribution in [2.24, 2.45) is 4.99 Å². The van der Waals surface area contributed by atoms with Gasteiger partial charge >= 0.3 is 5.97 Å². The Bertz CT molecular complexity index is 1130. The predicted molar refractivity (Wildman–Crippen MR) is 147 cm³/mol. The molecule has 0 N–H and O–H groups in total. The molecule has 6 nitrogen and oxygen atoms in total. The van der Waals surface area contributed by atoms with Gasteiger partial charge in [-0.15, -0.1) is 0 Å². The molecular weight excluding hydrogens is 464 g/mol. The van der Waals surface area contributed by atoms with Gasteiger partial charge in [-0.05, 0) is 68.9 Å². The lowest BCUT2D eigenvalue weighted by atomic mass is 9.82. The summed E-state index contributed by atoms with van der Waals surface area (Å²) in [5.41, 5.74) is 1.53. The highest BCUT2D eigenvalue weighted by molar-refractivity contribution is 6.08. The summed E-state index contributed by atoms with van der Waals surface area (Å²) in [6, 6.07) is 16.0. The number of carbonyl (C=O) groups excluding carboxylic acids is 2. The van der Waals surface area contributed by atoms with Crippen molar-refractivity contribution in [3.63, 3.8) is 0 Å². The molecule has 1 heterocycles. The van der Waals surface area contributed by atoms with Crippen LogP contribution in [-0.4, -0.2) is 40.4 Å². The highest BCUT2D eigenvalue weighted by atomic mass is 16.6. The van der Waals surface area contributed by atoms with Gasteiger partial charge in [0, 0.05) is 6.42 Å². The zero-order valence-electron chi connectivity index (χ0n) is 22.7. The fraction of sp³-hybridized carbons (Fsp3) is 0.516. The lowest BCUT2D eigenvalue weighted by molar-refractivity contribution is -0.158. The maximum atomic E-state index is 13.6. The summed E-state index contributed by atoms with van der Waals surface area (Å²) in [5.74, 6) is 1.37. The molecule has 37 heavy (non-hydrogen) atoms. The monoisotopic (exact) mass is 504 g/mol. The second kappa shape index (κ2) is 11.5. The molecule has 2 aliphatic rings. The Kier molecular flexibility index (Phi) is 8.35. The van der Waals surface area contributed by atoms with E-state index < -0.39 is 17.1 Å². The molecule has 2 aromatic carbocycles. The van der Waals surface area contributed by atoms with Crippen LogP contribution in [-0.2, 0) is 20.9 Å². The number of carbonyl (C=O) groups is 2. The summed E-state index contributed by atoms with van der Waals surface area (Å²) in [6.07, 6.45) is 8.10. The van der Waals surface area contributed by atoms with Gasteiger partial charge < -0.3 is 9.47 Å². The van der Waals surface area contributed by atoms with E-state index in [2.05, 4.69) is 31.2 Å². The van der Waals surface area contributed by atoms with Gasteiger partial charge in [-0.25, -0.2) is 4.79 Å². The van der Waals surface area contributed by atoms with Gasteiger partial charge in [0.2, 0.25) is 0 Å². The number of hydrogen-bond acceptors (Lipinski definition) is 5. The minimum Gasteiger partial charge on any atom is -0.476 e. The molecule has 1 aliphatic heterocycles. The van der Waals surface area contributed by atoms with Crippen molar-refractivity contribution in [3.05, 3.63) is 54.1 Å². The highest BCUT2D eigenvalue weighted by Gasteiger charge is 2.48. The van der Waals surface area contributed by atoms with Gasteiger partial charge in [0.15, 0.2) is 5.60 Å². The maximum Gasteiger partial charge on any atom is 0.349 e. The summed E-state index contributed by atoms with van der Waals surface area (Å²) in [5, 5.41) is 0. The molecule has 0 saturated heterocycles. The van der Waals surface area contributed by atoms with Crippen LogP contribution in [0, 0.1) is 0 Å². The molecule has 198 valence electrons. The fourth-order valence-corrected chi connectivity index (χ4v) is 5.24. The van der Waals surface area contributed by atoms with Crippen LogP contribution in [0.5, 0.6) is 5.75 Å². The number of unbranched alkanes of at least 4 members (excludes halogenated alkanes) is 1. The SMILES string of the molecule is CCCCC1=NC2(CCCCC2)C(=O)N1Cc1ccc(-c2cccc(OC(C)(C)C(=O)OCC)c2)cc1. The van der Waals surface area contributed by atoms with Gasteiger partial charge in [-0.3, -0.25) is 14.7 Å². The van der Waals surface area contributed by atoms with E-state index in [1.54, 1.807) is 20.8 Å². The number of hydrogen-bond donors (Lipinski definition) is 0. The van der Waals surface area contributed by atoms with Gasteiger partial charge in [0.25, 0.3) is 5.91 Å². The lowest BCUT2D eigenvalue weighted by Gasteiger charge is -2.29. The first-order chi connectivity index (χ1) is 17.8. The van der Waals surface area contributed by atoms with Crippen LogP contribution < -0.4 is 4.74 Å². The van der Waals surface area contributed by atoms with Crippen molar-refractivity contribution in [1.82, 2.24) is 4.90 Å². The second-order valence-corrected chi connectivity index (χ2v) is 10.7. The van der Waals surface area contributed by atoms with Crippen LogP contribution in [0.4, 0.5) is 0 Å². The van der Waals surface area contributed by atoms with Crippen molar-refractivity contribution in [3.8, 4) is 16.9 Å². The van der Waals surface area contributed by atoms with E-state index in [9.17, 15) is 9.59 Å². The van der Waals surface area contributed by atoms with E-state index in [-0.39, 0.29) is 5.91 Å². The van der Waals surface area contributed by atoms with E-state index in [4.69, 9.17) is 14.5 Å². The highest BCUT2D eigenvalue weighted by Crippen LogP contribution is 2.39. The molecule has 1 saturated carbocycles. The first-order valence-corrected chi connectivity index (χ1v) is 13.7. The van der Waals surface area contributed by atoms with Crippen LogP contribution in [0.25, 0.3) is 11.1 Å². The minimum absolute atomic E-state index is 0.191. The molecule has 0 aromatic heterocycles. The largest absolute Gasteiger partial charge is 0.476 e. The Morgan fingerprint density at radius 2 is 1.76 bits per heavy atom. The molecular formula is C31H40N2O4. The number of esters is 1. The lowest BCUT2D eigenvalue weighted by Crippen LogP contribution is -2.43. The Hall–Kier alpha value is -3.15. The standard InChI is InChI=1S/C31H40N2O4/c1-5-7-14-27-32-31(19-9-8-10-20-31)28(34)33(27)22-23-15-17-24(18-16-23)25-12-11-13-26(21-25)37-30(3,4)29(35)36-6-2/h11-13,15-18,21H,5-10,14,19-20,22H2,1-4H3. The van der Waals surface area contributed by atoms with Crippen LogP contribution in [0.2, 0.25) is 0 Å². The first-order valence-electron chi connectivity index (χ1n) is 13.7. The van der Waals surface area contributed by atoms with Crippen molar-refractivity contribution in [2.45, 2.75) is 96.7 Å². The first kappa shape index (κ1) is 26.9. The molecule has 1 amide bonds. The normalized spacial score (nSPS) is 17.1. The summed E-state index contributed by atoms with van der Waals surface area (Å²) in [4.78, 5) is 32.8. The Morgan fingerprint density at radius 3 is 2.43 bits per heavy atom. The van der Waals surface area contributed by atoms with Crippen LogP contribution in [0.3, 0.4) is 0 Å². The van der Waals surface area contributed by atoms with Crippen LogP contribution in [0.1, 0.15) is 84.6 Å². The van der Waals surface area contributed by atoms with E-state index in [1.165, 1.54) is 6.42 Å². The average Bonchev–Trinajstić information content (AvgIpc) is 3.13. The van der Waals surface area contributed by atoms with Gasteiger partial charge in [0.05, 0.1) is 13.2 Å². The molecule has 2 aromatic rings. The Balaban J connectivity index is 1.48. The number of nitrogens with zero attached hydrogens (tertiary/aromatic N) is 2. The number of amidine groups is 1. The number of amides is 1. The summed E-state index contributed by atoms with van der Waals surface area (Å²) in [6.45, 7) is 8.25. The third-order valence-electron chi connectivity index (χ3n) is 7.33. The van der Waals surface area contributed by atoms with E-state index in [0.717, 1.165) is 67.5 Å². The molecule has 1 fully saturated rings. The predicted octanol–water partition coefficient (Wildman–Crippen LogP) is 6.71. The van der Waals surface area contributed by atoms with Gasteiger partial charge in [-0.1, -0.05) is 69.0 Å². The number of aliphatic imine (C=N–C) groups is 1. The summed E-state index contributed by atoms with van der Waals surface area (Å²) in [7, 11) is 0. The number of benzene rings is 2. The van der Waals surface area contributed by atoms with Gasteiger partial charge in [-0.2, -0.15) is 0 Å². The third-order valence-corrected chi connectivity index (χ3v) is 7.33. The number of ether oxygens (including phenoxy) is 2. The smallest absolute Gasteiger partial charge is 0.349 e. The molecule has 4 rings (SSSR count). The van der Waals surface area contributed by atoms with Gasteiger partial charge in [0.1, 0.15) is 17.1 Å². The van der Waals surface area contributed by atoms with Crippen molar-refractivity contribution >= 4 is 17.7 Å². The van der Waals surface area contributed by atoms with E-state index >= 15 is 0 Å². The van der Waals surface area contributed by atoms with Crippen LogP contribution >= 0.6 is 0 Å². The zero-order chi connectivity index (χ0) is 26.5. The van der Waals surface area contributed by atoms with Crippen molar-refractivity contribution < 1.29 is 19.1 Å². The topological polar surface area (TPSA) is 68.2 Å². The Morgan fingerprint density at radius 1 is 1.03 bits per heavy atom. The molecule has 1 spiro atoms. The quantitative estimate of drug-likeness (QED) is 0.337. The summed E-state index contributed by atoms with van der Waals surface area (Å²) < 4.78 is 11.1. The molecule has 1 aliphatic carbocycles. The van der Waals surface area contributed by atoms with Crippen LogP contribution in [0.15, 0.2) is 53.5 Å². The molecule has 0 radical (unpaired) electrons. The van der Waals surface area contributed by atoms with Crippen molar-refractivity contribution in [2.75, 3.05) is 6.61 Å². The molecule has 0 bridgehead atoms. The minimum atomic E-state index is -1.08. The van der Waals surface area contributed by atoms with E-state index in [1.807, 2.05) is 29.2 Å². The molecule has 0 atom stereocenters. The maximum absolute atomic E-state index is 13.6. The zero-order valence-corrected chi connectivity index (χ0v) is 22.7. The fourth-order valence-electron chi connectivity index (χ4n) is 5.24.